The van der Waals surface area contributed by atoms with Crippen molar-refractivity contribution in [1.29, 1.82) is 0 Å². The number of carbonyl (C=O) groups excluding carboxylic acids is 3. The molecule has 1 atom stereocenters. The Labute approximate surface area is 118 Å². The summed E-state index contributed by atoms with van der Waals surface area (Å²) in [4.78, 5) is 33.6. The van der Waals surface area contributed by atoms with E-state index in [9.17, 15) is 14.4 Å². The molecule has 0 aliphatic rings. The van der Waals surface area contributed by atoms with Crippen LogP contribution in [-0.2, 0) is 19.1 Å². The van der Waals surface area contributed by atoms with E-state index in [1.807, 2.05) is 20.8 Å². The lowest BCUT2D eigenvalue weighted by atomic mass is 10.1. The number of hydrogen-bond acceptors (Lipinski definition) is 5. The van der Waals surface area contributed by atoms with Gasteiger partial charge in [-0.2, -0.15) is 0 Å². The second-order valence-electron chi connectivity index (χ2n) is 4.34. The van der Waals surface area contributed by atoms with Crippen molar-refractivity contribution < 1.29 is 23.9 Å². The number of methoxy groups -OCH3 is 1. The summed E-state index contributed by atoms with van der Waals surface area (Å²) in [6, 6.07) is -0.621. The Balaban J connectivity index is 4.27. The van der Waals surface area contributed by atoms with E-state index in [0.29, 0.717) is 6.54 Å². The van der Waals surface area contributed by atoms with Crippen LogP contribution in [0.4, 0.5) is 4.79 Å². The van der Waals surface area contributed by atoms with Gasteiger partial charge in [-0.25, -0.2) is 14.4 Å². The number of urea groups is 1. The Hall–Kier alpha value is -2.05. The van der Waals surface area contributed by atoms with Crippen LogP contribution in [-0.4, -0.2) is 44.3 Å². The molecular weight excluding hydrogens is 264 g/mol. The van der Waals surface area contributed by atoms with Gasteiger partial charge >= 0.3 is 18.0 Å². The molecule has 2 amide bonds. The summed E-state index contributed by atoms with van der Waals surface area (Å²) in [6.45, 7) is 6.14. The van der Waals surface area contributed by atoms with E-state index < -0.39 is 11.9 Å². The van der Waals surface area contributed by atoms with Gasteiger partial charge in [0.25, 0.3) is 0 Å². The third-order valence-electron chi connectivity index (χ3n) is 2.42. The Morgan fingerprint density at radius 2 is 1.75 bits per heavy atom. The quantitative estimate of drug-likeness (QED) is 0.528. The van der Waals surface area contributed by atoms with Gasteiger partial charge in [0.15, 0.2) is 0 Å². The number of hydrogen-bond donors (Lipinski definition) is 2. The van der Waals surface area contributed by atoms with Crippen molar-refractivity contribution in [3.05, 3.63) is 12.2 Å². The van der Waals surface area contributed by atoms with Gasteiger partial charge in [-0.1, -0.05) is 13.8 Å². The van der Waals surface area contributed by atoms with E-state index in [2.05, 4.69) is 15.4 Å². The molecule has 20 heavy (non-hydrogen) atoms. The molecule has 0 saturated heterocycles. The molecule has 0 rings (SSSR count). The Morgan fingerprint density at radius 3 is 2.25 bits per heavy atom. The van der Waals surface area contributed by atoms with Crippen LogP contribution in [0.1, 0.15) is 20.8 Å². The van der Waals surface area contributed by atoms with E-state index in [1.54, 1.807) is 0 Å². The maximum absolute atomic E-state index is 11.4. The summed E-state index contributed by atoms with van der Waals surface area (Å²) >= 11 is 0. The van der Waals surface area contributed by atoms with Crippen molar-refractivity contribution in [2.45, 2.75) is 26.8 Å². The van der Waals surface area contributed by atoms with Crippen molar-refractivity contribution in [3.63, 3.8) is 0 Å². The van der Waals surface area contributed by atoms with Crippen LogP contribution in [0.2, 0.25) is 0 Å². The molecule has 0 fully saturated rings. The van der Waals surface area contributed by atoms with Gasteiger partial charge in [0.1, 0.15) is 6.61 Å². The van der Waals surface area contributed by atoms with Gasteiger partial charge in [-0.15, -0.1) is 0 Å². The molecule has 0 heterocycles. The number of rotatable bonds is 7. The number of esters is 2. The molecule has 0 spiro atoms. The summed E-state index contributed by atoms with van der Waals surface area (Å²) in [5.41, 5.74) is 0. The lowest BCUT2D eigenvalue weighted by molar-refractivity contribution is -0.140. The van der Waals surface area contributed by atoms with Crippen LogP contribution in [0.3, 0.4) is 0 Å². The van der Waals surface area contributed by atoms with Crippen LogP contribution in [0.15, 0.2) is 12.2 Å². The smallest absolute Gasteiger partial charge is 0.331 e. The Bertz CT molecular complexity index is 366. The Kier molecular flexibility index (Phi) is 8.82. The molecule has 7 heteroatoms. The zero-order valence-corrected chi connectivity index (χ0v) is 12.3. The van der Waals surface area contributed by atoms with Crippen molar-refractivity contribution >= 4 is 18.0 Å². The van der Waals surface area contributed by atoms with E-state index in [-0.39, 0.29) is 24.6 Å². The maximum atomic E-state index is 11.4. The molecule has 2 N–H and O–H groups in total. The monoisotopic (exact) mass is 286 g/mol. The molecule has 0 aliphatic heterocycles. The topological polar surface area (TPSA) is 93.7 Å². The number of amides is 2. The second kappa shape index (κ2) is 9.82. The highest BCUT2D eigenvalue weighted by molar-refractivity contribution is 5.91. The number of carbonyl (C=O) groups is 3. The Morgan fingerprint density at radius 1 is 1.15 bits per heavy atom. The van der Waals surface area contributed by atoms with E-state index in [4.69, 9.17) is 4.74 Å². The van der Waals surface area contributed by atoms with Crippen molar-refractivity contribution in [2.24, 2.45) is 5.92 Å². The van der Waals surface area contributed by atoms with Gasteiger partial charge in [0, 0.05) is 18.7 Å². The fourth-order valence-electron chi connectivity index (χ4n) is 1.20. The number of ether oxygens (including phenoxy) is 2. The first-order valence-electron chi connectivity index (χ1n) is 6.37. The zero-order valence-electron chi connectivity index (χ0n) is 12.3. The molecule has 7 nitrogen and oxygen atoms in total. The summed E-state index contributed by atoms with van der Waals surface area (Å²) in [5, 5.41) is 5.31. The molecule has 0 bridgehead atoms. The summed E-state index contributed by atoms with van der Waals surface area (Å²) in [6.07, 6.45) is 1.96. The minimum Gasteiger partial charge on any atom is -0.466 e. The molecule has 0 saturated carbocycles. The van der Waals surface area contributed by atoms with E-state index in [0.717, 1.165) is 12.2 Å². The van der Waals surface area contributed by atoms with Crippen LogP contribution in [0, 0.1) is 5.92 Å². The number of nitrogens with one attached hydrogen (secondary N) is 2. The summed E-state index contributed by atoms with van der Waals surface area (Å²) in [5.74, 6) is -1.21. The lowest BCUT2D eigenvalue weighted by Crippen LogP contribution is -2.47. The minimum atomic E-state index is -0.668. The highest BCUT2D eigenvalue weighted by atomic mass is 16.5. The maximum Gasteiger partial charge on any atom is 0.331 e. The predicted molar refractivity (Wildman–Crippen MR) is 72.9 cm³/mol. The van der Waals surface area contributed by atoms with Crippen LogP contribution in [0.5, 0.6) is 0 Å². The standard InChI is InChI=1S/C13H22N2O5/c1-5-14-13(18)15-10(9(2)3)8-20-12(17)7-6-11(16)19-4/h6-7,9-10H,5,8H2,1-4H3,(H2,14,15,18). The predicted octanol–water partition coefficient (Wildman–Crippen LogP) is 0.602. The fourth-order valence-corrected chi connectivity index (χ4v) is 1.20. The highest BCUT2D eigenvalue weighted by Gasteiger charge is 2.17. The molecule has 0 aliphatic carbocycles. The lowest BCUT2D eigenvalue weighted by Gasteiger charge is -2.21. The molecule has 0 radical (unpaired) electrons. The average Bonchev–Trinajstić information content (AvgIpc) is 2.40. The van der Waals surface area contributed by atoms with Gasteiger partial charge in [0.05, 0.1) is 13.2 Å². The van der Waals surface area contributed by atoms with E-state index in [1.165, 1.54) is 7.11 Å². The molecular formula is C13H22N2O5. The summed E-state index contributed by atoms with van der Waals surface area (Å²) < 4.78 is 9.31. The van der Waals surface area contributed by atoms with Gasteiger partial charge in [-0.3, -0.25) is 0 Å². The SMILES string of the molecule is CCNC(=O)NC(COC(=O)C=CC(=O)OC)C(C)C. The summed E-state index contributed by atoms with van der Waals surface area (Å²) in [7, 11) is 1.21. The van der Waals surface area contributed by atoms with Crippen molar-refractivity contribution in [2.75, 3.05) is 20.3 Å². The van der Waals surface area contributed by atoms with Crippen molar-refractivity contribution in [1.82, 2.24) is 10.6 Å². The van der Waals surface area contributed by atoms with Crippen LogP contribution in [0.25, 0.3) is 0 Å². The van der Waals surface area contributed by atoms with E-state index >= 15 is 0 Å². The first kappa shape index (κ1) is 17.9. The third kappa shape index (κ3) is 8.12. The highest BCUT2D eigenvalue weighted by Crippen LogP contribution is 2.02. The molecule has 1 unspecified atom stereocenters. The third-order valence-corrected chi connectivity index (χ3v) is 2.42. The minimum absolute atomic E-state index is 0.0269. The van der Waals surface area contributed by atoms with Gasteiger partial charge in [0.2, 0.25) is 0 Å². The second-order valence-corrected chi connectivity index (χ2v) is 4.34. The van der Waals surface area contributed by atoms with Gasteiger partial charge in [-0.05, 0) is 12.8 Å². The molecule has 114 valence electrons. The molecule has 0 aromatic carbocycles. The normalized spacial score (nSPS) is 12.1. The van der Waals surface area contributed by atoms with Crippen LogP contribution >= 0.6 is 0 Å². The molecule has 0 aromatic rings. The largest absolute Gasteiger partial charge is 0.466 e. The van der Waals surface area contributed by atoms with Crippen LogP contribution < -0.4 is 10.6 Å². The fraction of sp³-hybridized carbons (Fsp3) is 0.615. The molecule has 0 aromatic heterocycles. The van der Waals surface area contributed by atoms with Gasteiger partial charge < -0.3 is 20.1 Å². The first-order valence-corrected chi connectivity index (χ1v) is 6.37. The van der Waals surface area contributed by atoms with Crippen molar-refractivity contribution in [3.8, 4) is 0 Å². The zero-order chi connectivity index (χ0) is 15.5. The average molecular weight is 286 g/mol. The first-order chi connectivity index (χ1) is 9.40.